The van der Waals surface area contributed by atoms with E-state index < -0.39 is 42.0 Å². The van der Waals surface area contributed by atoms with Gasteiger partial charge in [-0.25, -0.2) is 4.98 Å². The predicted molar refractivity (Wildman–Crippen MR) is 163 cm³/mol. The van der Waals surface area contributed by atoms with Crippen molar-refractivity contribution in [1.82, 2.24) is 20.5 Å². The van der Waals surface area contributed by atoms with Gasteiger partial charge in [-0.2, -0.15) is 0 Å². The molecule has 1 aliphatic rings. The second-order valence-electron chi connectivity index (χ2n) is 10.4. The summed E-state index contributed by atoms with van der Waals surface area (Å²) in [6.07, 6.45) is -0.911. The third-order valence-electron chi connectivity index (χ3n) is 6.94. The molecular weight excluding hydrogens is 574 g/mol. The minimum Gasteiger partial charge on any atom is -0.391 e. The number of nitrogens with zero attached hydrogens (tertiary/aromatic N) is 2. The Kier molecular flexibility index (Phi) is 13.7. The first-order chi connectivity index (χ1) is 20.6. The van der Waals surface area contributed by atoms with Crippen LogP contribution in [0.2, 0.25) is 0 Å². The molecule has 13 heteroatoms. The summed E-state index contributed by atoms with van der Waals surface area (Å²) in [5, 5.41) is 16.3. The summed E-state index contributed by atoms with van der Waals surface area (Å²) >= 11 is 1.57. The molecule has 43 heavy (non-hydrogen) atoms. The molecule has 3 amide bonds. The van der Waals surface area contributed by atoms with Crippen LogP contribution >= 0.6 is 11.3 Å². The van der Waals surface area contributed by atoms with Gasteiger partial charge in [0.15, 0.2) is 0 Å². The van der Waals surface area contributed by atoms with Gasteiger partial charge in [-0.05, 0) is 31.9 Å². The lowest BCUT2D eigenvalue weighted by Gasteiger charge is -2.32. The van der Waals surface area contributed by atoms with Crippen molar-refractivity contribution in [3.05, 3.63) is 53.2 Å². The van der Waals surface area contributed by atoms with Gasteiger partial charge in [0.1, 0.15) is 18.7 Å². The first kappa shape index (κ1) is 34.3. The molecule has 4 atom stereocenters. The number of ether oxygens (including phenoxy) is 3. The Morgan fingerprint density at radius 3 is 2.40 bits per heavy atom. The Hall–Kier alpha value is -3.20. The fraction of sp³-hybridized carbons (Fsp3) is 0.533. The van der Waals surface area contributed by atoms with Gasteiger partial charge in [0.05, 0.1) is 61.3 Å². The maximum absolute atomic E-state index is 13.5. The number of aliphatic hydroxyl groups excluding tert-OH is 1. The highest BCUT2D eigenvalue weighted by Crippen LogP contribution is 2.30. The number of aryl methyl sites for hydroxylation is 1. The molecule has 236 valence electrons. The molecule has 0 saturated carbocycles. The van der Waals surface area contributed by atoms with Gasteiger partial charge in [0.25, 0.3) is 0 Å². The van der Waals surface area contributed by atoms with Gasteiger partial charge in [0, 0.05) is 19.5 Å². The molecular formula is C30H43N5O7S. The van der Waals surface area contributed by atoms with Crippen molar-refractivity contribution in [2.75, 3.05) is 46.2 Å². The average Bonchev–Trinajstić information content (AvgIpc) is 3.57. The first-order valence-electron chi connectivity index (χ1n) is 14.3. The molecule has 3 rings (SSSR count). The van der Waals surface area contributed by atoms with Crippen molar-refractivity contribution in [2.24, 2.45) is 5.73 Å². The lowest BCUT2D eigenvalue weighted by atomic mass is 10.0. The molecule has 1 aromatic heterocycles. The van der Waals surface area contributed by atoms with E-state index in [1.165, 1.54) is 11.8 Å². The van der Waals surface area contributed by atoms with Crippen LogP contribution in [0.25, 0.3) is 10.4 Å². The fourth-order valence-corrected chi connectivity index (χ4v) is 5.67. The van der Waals surface area contributed by atoms with Crippen molar-refractivity contribution < 1.29 is 33.7 Å². The van der Waals surface area contributed by atoms with Crippen molar-refractivity contribution in [1.29, 1.82) is 0 Å². The maximum atomic E-state index is 13.5. The smallest absolute Gasteiger partial charge is 0.246 e. The molecule has 1 saturated heterocycles. The van der Waals surface area contributed by atoms with Crippen LogP contribution in [-0.2, 0) is 35.1 Å². The number of aromatic nitrogens is 1. The Morgan fingerprint density at radius 2 is 1.79 bits per heavy atom. The molecule has 2 heterocycles. The van der Waals surface area contributed by atoms with Crippen molar-refractivity contribution in [2.45, 2.75) is 58.0 Å². The first-order valence-corrected chi connectivity index (χ1v) is 15.2. The number of likely N-dealkylation sites (tertiary alicyclic amines) is 1. The summed E-state index contributed by atoms with van der Waals surface area (Å²) in [4.78, 5) is 46.0. The van der Waals surface area contributed by atoms with E-state index >= 15 is 0 Å². The number of carbonyl (C=O) groups excluding carboxylic acids is 3. The molecule has 1 aromatic carbocycles. The SMILES string of the molecule is C=C(C)[C@@H]1[C@H](O)CC(C(=O)NCc2ccc(-c3scnc3C)cc2)N1C(=O)[C@H](C)NC(=O)COCCOCCOCCN. The van der Waals surface area contributed by atoms with Gasteiger partial charge in [-0.1, -0.05) is 36.4 Å². The van der Waals surface area contributed by atoms with Gasteiger partial charge in [-0.3, -0.25) is 14.4 Å². The fourth-order valence-electron chi connectivity index (χ4n) is 4.86. The molecule has 5 N–H and O–H groups in total. The van der Waals surface area contributed by atoms with Crippen LogP contribution in [0.15, 0.2) is 41.9 Å². The van der Waals surface area contributed by atoms with Crippen LogP contribution in [0.3, 0.4) is 0 Å². The highest BCUT2D eigenvalue weighted by molar-refractivity contribution is 7.13. The van der Waals surface area contributed by atoms with E-state index in [4.69, 9.17) is 19.9 Å². The summed E-state index contributed by atoms with van der Waals surface area (Å²) < 4.78 is 15.9. The normalized spacial score (nSPS) is 18.8. The van der Waals surface area contributed by atoms with E-state index in [0.717, 1.165) is 21.7 Å². The van der Waals surface area contributed by atoms with Crippen LogP contribution in [0.5, 0.6) is 0 Å². The van der Waals surface area contributed by atoms with Crippen molar-refractivity contribution in [3.63, 3.8) is 0 Å². The summed E-state index contributed by atoms with van der Waals surface area (Å²) in [5.41, 5.74) is 10.6. The number of benzene rings is 1. The third kappa shape index (κ3) is 9.91. The van der Waals surface area contributed by atoms with Crippen molar-refractivity contribution >= 4 is 29.1 Å². The second-order valence-corrected chi connectivity index (χ2v) is 11.2. The Balaban J connectivity index is 1.52. The summed E-state index contributed by atoms with van der Waals surface area (Å²) in [6.45, 7) is 11.3. The van der Waals surface area contributed by atoms with E-state index in [2.05, 4.69) is 22.2 Å². The van der Waals surface area contributed by atoms with Gasteiger partial charge in [-0.15, -0.1) is 11.3 Å². The van der Waals surface area contributed by atoms with E-state index in [1.54, 1.807) is 23.8 Å². The Morgan fingerprint density at radius 1 is 1.14 bits per heavy atom. The molecule has 0 radical (unpaired) electrons. The zero-order valence-electron chi connectivity index (χ0n) is 25.0. The van der Waals surface area contributed by atoms with Crippen LogP contribution in [0.4, 0.5) is 0 Å². The Bertz CT molecular complexity index is 1220. The zero-order chi connectivity index (χ0) is 31.4. The topological polar surface area (TPSA) is 165 Å². The van der Waals surface area contributed by atoms with Gasteiger partial charge >= 0.3 is 0 Å². The van der Waals surface area contributed by atoms with Crippen LogP contribution in [0.1, 0.15) is 31.5 Å². The highest BCUT2D eigenvalue weighted by atomic mass is 32.1. The quantitative estimate of drug-likeness (QED) is 0.151. The van der Waals surface area contributed by atoms with Gasteiger partial charge < -0.3 is 40.6 Å². The minimum absolute atomic E-state index is 0.0553. The number of thiazole rings is 1. The molecule has 1 unspecified atom stereocenters. The van der Waals surface area contributed by atoms with Crippen LogP contribution in [-0.4, -0.2) is 103 Å². The molecule has 12 nitrogen and oxygen atoms in total. The molecule has 0 bridgehead atoms. The number of carbonyl (C=O) groups is 3. The molecule has 2 aromatic rings. The number of hydrogen-bond donors (Lipinski definition) is 4. The Labute approximate surface area is 256 Å². The lowest BCUT2D eigenvalue weighted by Crippen LogP contribution is -2.56. The number of nitrogens with two attached hydrogens (primary N) is 1. The van der Waals surface area contributed by atoms with Crippen LogP contribution < -0.4 is 16.4 Å². The minimum atomic E-state index is -0.967. The summed E-state index contributed by atoms with van der Waals surface area (Å²) in [7, 11) is 0. The molecule has 1 fully saturated rings. The monoisotopic (exact) mass is 617 g/mol. The number of amides is 3. The van der Waals surface area contributed by atoms with Gasteiger partial charge in [0.2, 0.25) is 17.7 Å². The molecule has 0 aliphatic carbocycles. The standard InChI is InChI=1S/C30H43N5O7S/c1-19(2)27-25(36)15-24(29(38)32-16-22-5-7-23(8-6-22)28-20(3)33-18-43-28)35(27)30(39)21(4)34-26(37)17-42-14-13-41-12-11-40-10-9-31/h5-8,18,21,24-25,27,36H,1,9-17,31H2,2-4H3,(H,32,38)(H,34,37)/t21-,24?,25+,27+/m0/s1. The second kappa shape index (κ2) is 17.2. The number of aliphatic hydroxyl groups is 1. The summed E-state index contributed by atoms with van der Waals surface area (Å²) in [5.74, 6) is -1.38. The molecule has 1 aliphatic heterocycles. The van der Waals surface area contributed by atoms with E-state index in [0.29, 0.717) is 31.9 Å². The number of nitrogens with one attached hydrogen (secondary N) is 2. The van der Waals surface area contributed by atoms with E-state index in [-0.39, 0.29) is 32.8 Å². The largest absolute Gasteiger partial charge is 0.391 e. The maximum Gasteiger partial charge on any atom is 0.246 e. The molecule has 0 spiro atoms. The van der Waals surface area contributed by atoms with Crippen LogP contribution in [0, 0.1) is 6.92 Å². The zero-order valence-corrected chi connectivity index (χ0v) is 25.9. The number of rotatable bonds is 17. The highest BCUT2D eigenvalue weighted by Gasteiger charge is 2.47. The summed E-state index contributed by atoms with van der Waals surface area (Å²) in [6, 6.07) is 5.18. The predicted octanol–water partition coefficient (Wildman–Crippen LogP) is 1.15. The third-order valence-corrected chi connectivity index (χ3v) is 7.92. The average molecular weight is 618 g/mol. The van der Waals surface area contributed by atoms with E-state index in [1.807, 2.05) is 31.2 Å². The lowest BCUT2D eigenvalue weighted by molar-refractivity contribution is -0.143. The number of hydrogen-bond acceptors (Lipinski definition) is 10. The van der Waals surface area contributed by atoms with Crippen molar-refractivity contribution in [3.8, 4) is 10.4 Å². The van der Waals surface area contributed by atoms with E-state index in [9.17, 15) is 19.5 Å².